The van der Waals surface area contributed by atoms with E-state index in [1.54, 1.807) is 4.57 Å². The molecule has 2 heterocycles. The maximum Gasteiger partial charge on any atom is 0.153 e. The minimum Gasteiger partial charge on any atom is -0.325 e. The zero-order valence-corrected chi connectivity index (χ0v) is 10.1. The molecule has 3 rings (SSSR count). The van der Waals surface area contributed by atoms with Crippen molar-refractivity contribution >= 4 is 22.6 Å². The highest BCUT2D eigenvalue weighted by Gasteiger charge is 2.13. The number of benzene rings is 1. The van der Waals surface area contributed by atoms with Gasteiger partial charge in [0.1, 0.15) is 17.1 Å². The lowest BCUT2D eigenvalue weighted by molar-refractivity contribution is 0.629. The SMILES string of the molecule is Fc1cn(Cc2ccccc2)c2ncnc(Cl)c12. The molecule has 0 saturated carbocycles. The van der Waals surface area contributed by atoms with Crippen LogP contribution in [0.2, 0.25) is 5.15 Å². The Morgan fingerprint density at radius 1 is 1.17 bits per heavy atom. The zero-order chi connectivity index (χ0) is 12.5. The Labute approximate surface area is 108 Å². The van der Waals surface area contributed by atoms with E-state index in [2.05, 4.69) is 9.97 Å². The molecule has 0 fully saturated rings. The van der Waals surface area contributed by atoms with Crippen LogP contribution in [0.5, 0.6) is 0 Å². The molecule has 3 nitrogen and oxygen atoms in total. The number of hydrogen-bond donors (Lipinski definition) is 0. The number of nitrogens with zero attached hydrogens (tertiary/aromatic N) is 3. The molecule has 3 aromatic rings. The molecule has 0 aliphatic carbocycles. The van der Waals surface area contributed by atoms with Crippen LogP contribution in [0.4, 0.5) is 4.39 Å². The van der Waals surface area contributed by atoms with Gasteiger partial charge < -0.3 is 4.57 Å². The van der Waals surface area contributed by atoms with Gasteiger partial charge in [0, 0.05) is 12.7 Å². The largest absolute Gasteiger partial charge is 0.325 e. The van der Waals surface area contributed by atoms with E-state index in [0.29, 0.717) is 12.2 Å². The van der Waals surface area contributed by atoms with Crippen LogP contribution in [0.3, 0.4) is 0 Å². The van der Waals surface area contributed by atoms with Crippen LogP contribution in [0.1, 0.15) is 5.56 Å². The van der Waals surface area contributed by atoms with Crippen molar-refractivity contribution in [1.29, 1.82) is 0 Å². The van der Waals surface area contributed by atoms with E-state index in [9.17, 15) is 4.39 Å². The van der Waals surface area contributed by atoms with Gasteiger partial charge in [-0.1, -0.05) is 41.9 Å². The van der Waals surface area contributed by atoms with Gasteiger partial charge >= 0.3 is 0 Å². The Bertz CT molecular complexity index is 694. The van der Waals surface area contributed by atoms with Gasteiger partial charge in [-0.25, -0.2) is 14.4 Å². The molecule has 0 atom stereocenters. The minimum atomic E-state index is -0.397. The Morgan fingerprint density at radius 2 is 1.94 bits per heavy atom. The average molecular weight is 262 g/mol. The lowest BCUT2D eigenvalue weighted by Gasteiger charge is -2.04. The fourth-order valence-electron chi connectivity index (χ4n) is 1.94. The summed E-state index contributed by atoms with van der Waals surface area (Å²) in [4.78, 5) is 7.88. The third-order valence-electron chi connectivity index (χ3n) is 2.76. The summed E-state index contributed by atoms with van der Waals surface area (Å²) in [6.07, 6.45) is 2.74. The lowest BCUT2D eigenvalue weighted by Crippen LogP contribution is -1.99. The van der Waals surface area contributed by atoms with Crippen molar-refractivity contribution in [2.24, 2.45) is 0 Å². The molecule has 0 amide bonds. The first-order valence-corrected chi connectivity index (χ1v) is 5.82. The van der Waals surface area contributed by atoms with Crippen LogP contribution in [-0.2, 0) is 6.54 Å². The molecule has 0 saturated heterocycles. The van der Waals surface area contributed by atoms with Crippen molar-refractivity contribution in [1.82, 2.24) is 14.5 Å². The minimum absolute atomic E-state index is 0.143. The van der Waals surface area contributed by atoms with Gasteiger partial charge in [-0.15, -0.1) is 0 Å². The van der Waals surface area contributed by atoms with E-state index >= 15 is 0 Å². The number of aromatic nitrogens is 3. The monoisotopic (exact) mass is 261 g/mol. The Morgan fingerprint density at radius 3 is 2.72 bits per heavy atom. The molecular weight excluding hydrogens is 253 g/mol. The molecule has 0 unspecified atom stereocenters. The molecule has 1 aromatic carbocycles. The number of hydrogen-bond acceptors (Lipinski definition) is 2. The quantitative estimate of drug-likeness (QED) is 0.663. The van der Waals surface area contributed by atoms with E-state index in [-0.39, 0.29) is 10.5 Å². The number of rotatable bonds is 2. The van der Waals surface area contributed by atoms with Gasteiger partial charge in [0.25, 0.3) is 0 Å². The summed E-state index contributed by atoms with van der Waals surface area (Å²) in [5, 5.41) is 0.416. The summed E-state index contributed by atoms with van der Waals surface area (Å²) in [6.45, 7) is 0.550. The van der Waals surface area contributed by atoms with Crippen molar-refractivity contribution < 1.29 is 4.39 Å². The number of fused-ring (bicyclic) bond motifs is 1. The van der Waals surface area contributed by atoms with Crippen molar-refractivity contribution in [3.63, 3.8) is 0 Å². The van der Waals surface area contributed by atoms with E-state index in [1.165, 1.54) is 12.5 Å². The second kappa shape index (κ2) is 4.38. The van der Waals surface area contributed by atoms with Gasteiger partial charge in [0.15, 0.2) is 5.82 Å². The second-order valence-corrected chi connectivity index (χ2v) is 4.31. The first-order valence-electron chi connectivity index (χ1n) is 5.44. The summed E-state index contributed by atoms with van der Waals surface area (Å²) in [5.41, 5.74) is 1.58. The zero-order valence-electron chi connectivity index (χ0n) is 9.35. The fourth-order valence-corrected chi connectivity index (χ4v) is 2.16. The summed E-state index contributed by atoms with van der Waals surface area (Å²) >= 11 is 5.87. The lowest BCUT2D eigenvalue weighted by atomic mass is 10.2. The van der Waals surface area contributed by atoms with Gasteiger partial charge in [-0.2, -0.15) is 0 Å². The van der Waals surface area contributed by atoms with Gasteiger partial charge in [-0.05, 0) is 5.56 Å². The Hall–Kier alpha value is -1.94. The summed E-state index contributed by atoms with van der Waals surface area (Å²) in [7, 11) is 0. The third-order valence-corrected chi connectivity index (χ3v) is 3.04. The second-order valence-electron chi connectivity index (χ2n) is 3.95. The predicted molar refractivity (Wildman–Crippen MR) is 68.0 cm³/mol. The molecule has 0 aliphatic rings. The van der Waals surface area contributed by atoms with Gasteiger partial charge in [-0.3, -0.25) is 0 Å². The molecule has 90 valence electrons. The molecule has 0 radical (unpaired) electrons. The standard InChI is InChI=1S/C13H9ClFN3/c14-12-11-10(15)7-18(13(11)17-8-16-12)6-9-4-2-1-3-5-9/h1-5,7-8H,6H2. The summed E-state index contributed by atoms with van der Waals surface area (Å²) in [6, 6.07) is 9.79. The van der Waals surface area contributed by atoms with Gasteiger partial charge in [0.2, 0.25) is 0 Å². The Kier molecular flexibility index (Phi) is 2.72. The summed E-state index contributed by atoms with van der Waals surface area (Å²) < 4.78 is 15.5. The van der Waals surface area contributed by atoms with Gasteiger partial charge in [0.05, 0.1) is 5.39 Å². The molecule has 0 bridgehead atoms. The normalized spacial score (nSPS) is 11.0. The van der Waals surface area contributed by atoms with E-state index < -0.39 is 5.82 Å². The first kappa shape index (κ1) is 11.2. The third kappa shape index (κ3) is 1.84. The molecular formula is C13H9ClFN3. The van der Waals surface area contributed by atoms with Crippen LogP contribution in [0.25, 0.3) is 11.0 Å². The van der Waals surface area contributed by atoms with Crippen LogP contribution in [0.15, 0.2) is 42.9 Å². The van der Waals surface area contributed by atoms with Crippen molar-refractivity contribution in [2.45, 2.75) is 6.54 Å². The molecule has 0 aliphatic heterocycles. The highest BCUT2D eigenvalue weighted by atomic mass is 35.5. The maximum atomic E-state index is 13.8. The molecule has 0 spiro atoms. The van der Waals surface area contributed by atoms with Crippen molar-refractivity contribution in [3.8, 4) is 0 Å². The van der Waals surface area contributed by atoms with E-state index in [0.717, 1.165) is 5.56 Å². The van der Waals surface area contributed by atoms with Crippen LogP contribution >= 0.6 is 11.6 Å². The van der Waals surface area contributed by atoms with Crippen LogP contribution in [0, 0.1) is 5.82 Å². The fraction of sp³-hybridized carbons (Fsp3) is 0.0769. The highest BCUT2D eigenvalue weighted by molar-refractivity contribution is 6.33. The molecule has 0 N–H and O–H groups in total. The Balaban J connectivity index is 2.11. The predicted octanol–water partition coefficient (Wildman–Crippen LogP) is 3.27. The highest BCUT2D eigenvalue weighted by Crippen LogP contribution is 2.24. The van der Waals surface area contributed by atoms with Crippen molar-refractivity contribution in [2.75, 3.05) is 0 Å². The van der Waals surface area contributed by atoms with E-state index in [4.69, 9.17) is 11.6 Å². The summed E-state index contributed by atoms with van der Waals surface area (Å²) in [5.74, 6) is -0.397. The van der Waals surface area contributed by atoms with Crippen LogP contribution < -0.4 is 0 Å². The topological polar surface area (TPSA) is 30.7 Å². The molecule has 2 aromatic heterocycles. The van der Waals surface area contributed by atoms with E-state index in [1.807, 2.05) is 30.3 Å². The number of halogens is 2. The first-order chi connectivity index (χ1) is 8.75. The molecule has 18 heavy (non-hydrogen) atoms. The maximum absolute atomic E-state index is 13.8. The average Bonchev–Trinajstić information content (AvgIpc) is 2.69. The smallest absolute Gasteiger partial charge is 0.153 e. The van der Waals surface area contributed by atoms with Crippen molar-refractivity contribution in [3.05, 3.63) is 59.4 Å². The molecule has 5 heteroatoms. The van der Waals surface area contributed by atoms with Crippen LogP contribution in [-0.4, -0.2) is 14.5 Å².